The van der Waals surface area contributed by atoms with Crippen LogP contribution in [0, 0.1) is 18.4 Å². The van der Waals surface area contributed by atoms with Gasteiger partial charge in [0.05, 0.1) is 0 Å². The molecule has 0 nitrogen and oxygen atoms in total. The molecule has 1 aliphatic rings. The molecule has 0 spiro atoms. The van der Waals surface area contributed by atoms with Crippen LogP contribution in [0.5, 0.6) is 0 Å². The Bertz CT molecular complexity index is 248. The molecule has 2 radical (unpaired) electrons. The highest BCUT2D eigenvalue weighted by atomic mass is 28.2. The zero-order chi connectivity index (χ0) is 7.40. The van der Waals surface area contributed by atoms with E-state index in [0.717, 1.165) is 12.0 Å². The maximum atomic E-state index is 6.96. The van der Waals surface area contributed by atoms with Gasteiger partial charge >= 0.3 is 0 Å². The highest BCUT2D eigenvalue weighted by Gasteiger charge is 2.01. The summed E-state index contributed by atoms with van der Waals surface area (Å²) in [7, 11) is 0.335. The van der Waals surface area contributed by atoms with Crippen molar-refractivity contribution in [1.82, 2.24) is 0 Å². The molecule has 1 heteroatoms. The maximum Gasteiger partial charge on any atom is 0.0241 e. The Balaban J connectivity index is 2.94. The van der Waals surface area contributed by atoms with Gasteiger partial charge in [-0.15, -0.1) is 0 Å². The average Bonchev–Trinajstić information content (AvgIpc) is 2.04. The third-order valence-electron chi connectivity index (χ3n) is 1.49. The Labute approximate surface area is 64.1 Å². The zero-order valence-electron chi connectivity index (χ0n) is 5.94. The lowest BCUT2D eigenvalue weighted by Crippen LogP contribution is -2.06. The van der Waals surface area contributed by atoms with Crippen molar-refractivity contribution >= 4 is 14.3 Å². The summed E-state index contributed by atoms with van der Waals surface area (Å²) in [5, 5.41) is 1.34. The summed E-state index contributed by atoms with van der Waals surface area (Å²) < 4.78 is 0. The smallest absolute Gasteiger partial charge is 0.0241 e. The van der Waals surface area contributed by atoms with Gasteiger partial charge in [-0.2, -0.15) is 0 Å². The summed E-state index contributed by atoms with van der Waals surface area (Å²) in [6.07, 6.45) is 14.7. The lowest BCUT2D eigenvalue weighted by Gasteiger charge is -2.05. The molecule has 0 aromatic heterocycles. The number of allylic oxidation sites excluding steroid dienone is 4. The van der Waals surface area contributed by atoms with Crippen molar-refractivity contribution in [1.29, 1.82) is 0 Å². The molecular weight excluding hydrogens is 136 g/mol. The van der Waals surface area contributed by atoms with E-state index >= 15 is 0 Å². The summed E-state index contributed by atoms with van der Waals surface area (Å²) in [5.41, 5.74) is 0.969. The minimum Gasteiger partial charge on any atom is -0.0586 e. The predicted molar refractivity (Wildman–Crippen MR) is 45.7 cm³/mol. The minimum absolute atomic E-state index is 0.335. The van der Waals surface area contributed by atoms with Crippen molar-refractivity contribution in [2.75, 3.05) is 0 Å². The Morgan fingerprint density at radius 2 is 2.60 bits per heavy atom. The van der Waals surface area contributed by atoms with E-state index in [2.05, 4.69) is 18.5 Å². The van der Waals surface area contributed by atoms with Gasteiger partial charge in [0.1, 0.15) is 0 Å². The molecule has 0 fully saturated rings. The normalized spacial score (nSPS) is 20.4. The number of rotatable bonds is 0. The molecule has 0 atom stereocenters. The molecule has 0 saturated heterocycles. The fourth-order valence-corrected chi connectivity index (χ4v) is 1.69. The molecule has 0 aromatic rings. The second-order valence-corrected chi connectivity index (χ2v) is 3.34. The molecule has 0 saturated carbocycles. The summed E-state index contributed by atoms with van der Waals surface area (Å²) in [6, 6.07) is 0. The van der Waals surface area contributed by atoms with Gasteiger partial charge < -0.3 is 0 Å². The fraction of sp³-hybridized carbons (Fsp3) is 0.222. The first-order valence-corrected chi connectivity index (χ1v) is 4.97. The monoisotopic (exact) mass is 144 g/mol. The van der Waals surface area contributed by atoms with Crippen LogP contribution < -0.4 is 0 Å². The van der Waals surface area contributed by atoms with Gasteiger partial charge in [-0.1, -0.05) is 23.7 Å². The molecular formula is C9H8Si. The van der Waals surface area contributed by atoms with Crippen LogP contribution in [-0.2, 0) is 0 Å². The van der Waals surface area contributed by atoms with Gasteiger partial charge in [0.15, 0.2) is 0 Å². The van der Waals surface area contributed by atoms with Gasteiger partial charge in [0.2, 0.25) is 0 Å². The lowest BCUT2D eigenvalue weighted by atomic mass is 10.1. The summed E-state index contributed by atoms with van der Waals surface area (Å²) in [6.45, 7) is 2.17. The second kappa shape index (κ2) is 3.33. The van der Waals surface area contributed by atoms with Crippen LogP contribution in [0.25, 0.3) is 0 Å². The topological polar surface area (TPSA) is 0 Å². The Hall–Kier alpha value is -0.873. The first-order valence-electron chi connectivity index (χ1n) is 3.23. The van der Waals surface area contributed by atoms with Crippen molar-refractivity contribution in [3.05, 3.63) is 30.2 Å². The highest BCUT2D eigenvalue weighted by Crippen LogP contribution is 2.05. The van der Waals surface area contributed by atoms with E-state index in [9.17, 15) is 0 Å². The molecule has 48 valence electrons. The molecule has 1 aliphatic carbocycles. The first-order chi connectivity index (χ1) is 4.88. The Morgan fingerprint density at radius 3 is 3.10 bits per heavy atom. The maximum absolute atomic E-state index is 6.96. The van der Waals surface area contributed by atoms with Gasteiger partial charge in [-0.3, -0.25) is 0 Å². The van der Waals surface area contributed by atoms with Crippen molar-refractivity contribution in [3.63, 3.8) is 0 Å². The van der Waals surface area contributed by atoms with E-state index in [0.29, 0.717) is 9.13 Å². The van der Waals surface area contributed by atoms with Gasteiger partial charge in [0.25, 0.3) is 0 Å². The van der Waals surface area contributed by atoms with Gasteiger partial charge in [-0.25, -0.2) is 0 Å². The molecule has 0 bridgehead atoms. The molecule has 1 rings (SSSR count). The van der Waals surface area contributed by atoms with Crippen molar-refractivity contribution in [2.24, 2.45) is 0 Å². The standard InChI is InChI=1S/C9H8Si/c1-3-8-6-4-5-7-9(8)10-2/h4,6,10H,7H2,2H3. The van der Waals surface area contributed by atoms with E-state index in [-0.39, 0.29) is 0 Å². The quantitative estimate of drug-likeness (QED) is 0.350. The van der Waals surface area contributed by atoms with Gasteiger partial charge in [-0.05, 0) is 34.1 Å². The second-order valence-electron chi connectivity index (χ2n) is 2.07. The average molecular weight is 144 g/mol. The number of hydrogen-bond acceptors (Lipinski definition) is 0. The fourth-order valence-electron chi connectivity index (χ4n) is 0.893. The Morgan fingerprint density at radius 1 is 1.80 bits per heavy atom. The molecule has 0 aliphatic heterocycles. The van der Waals surface area contributed by atoms with Crippen molar-refractivity contribution in [3.8, 4) is 5.92 Å². The van der Waals surface area contributed by atoms with Crippen LogP contribution in [0.4, 0.5) is 0 Å². The minimum atomic E-state index is 0.335. The molecule has 0 unspecified atom stereocenters. The van der Waals surface area contributed by atoms with Crippen molar-refractivity contribution < 1.29 is 0 Å². The summed E-state index contributed by atoms with van der Waals surface area (Å²) in [4.78, 5) is 0. The third kappa shape index (κ3) is 1.34. The van der Waals surface area contributed by atoms with Crippen LogP contribution >= 0.6 is 0 Å². The van der Waals surface area contributed by atoms with Crippen LogP contribution in [0.3, 0.4) is 0 Å². The molecule has 10 heavy (non-hydrogen) atoms. The van der Waals surface area contributed by atoms with E-state index in [1.54, 1.807) is 0 Å². The van der Waals surface area contributed by atoms with E-state index in [1.165, 1.54) is 5.17 Å². The van der Waals surface area contributed by atoms with E-state index < -0.39 is 0 Å². The van der Waals surface area contributed by atoms with Crippen LogP contribution in [0.1, 0.15) is 6.42 Å². The summed E-state index contributed by atoms with van der Waals surface area (Å²) >= 11 is 0. The van der Waals surface area contributed by atoms with Gasteiger partial charge in [0, 0.05) is 5.57 Å². The zero-order valence-corrected chi connectivity index (χ0v) is 7.09. The number of hydrogen-bond donors (Lipinski definition) is 0. The van der Waals surface area contributed by atoms with E-state index in [1.807, 2.05) is 12.2 Å². The summed E-state index contributed by atoms with van der Waals surface area (Å²) in [5.74, 6) is 2.43. The van der Waals surface area contributed by atoms with E-state index in [4.69, 9.17) is 6.42 Å². The Kier molecular flexibility index (Phi) is 2.41. The SMILES string of the molecule is [C]#CC1=CC=[C]CC1=[SiH]C. The molecule has 0 heterocycles. The predicted octanol–water partition coefficient (Wildman–Crippen LogP) is 0.923. The van der Waals surface area contributed by atoms with Crippen molar-refractivity contribution in [2.45, 2.75) is 13.0 Å². The van der Waals surface area contributed by atoms with Crippen LogP contribution in [-0.4, -0.2) is 14.3 Å². The molecule has 0 aromatic carbocycles. The largest absolute Gasteiger partial charge is 0.0586 e. The highest BCUT2D eigenvalue weighted by molar-refractivity contribution is 6.57. The van der Waals surface area contributed by atoms with Crippen LogP contribution in [0.2, 0.25) is 6.55 Å². The lowest BCUT2D eigenvalue weighted by molar-refractivity contribution is 1.41. The third-order valence-corrected chi connectivity index (χ3v) is 2.70. The van der Waals surface area contributed by atoms with Crippen LogP contribution in [0.15, 0.2) is 17.7 Å². The molecule has 0 N–H and O–H groups in total. The first kappa shape index (κ1) is 7.24. The molecule has 0 amide bonds.